The summed E-state index contributed by atoms with van der Waals surface area (Å²) < 4.78 is 15.6. The number of hydrogen-bond acceptors (Lipinski definition) is 4. The van der Waals surface area contributed by atoms with Gasteiger partial charge in [0.2, 0.25) is 0 Å². The molecule has 4 nitrogen and oxygen atoms in total. The first-order valence-corrected chi connectivity index (χ1v) is 8.46. The minimum absolute atomic E-state index is 0.272. The summed E-state index contributed by atoms with van der Waals surface area (Å²) in [5.74, 6) is -0.332. The summed E-state index contributed by atoms with van der Waals surface area (Å²) in [5, 5.41) is 0. The van der Waals surface area contributed by atoms with Crippen molar-refractivity contribution in [3.05, 3.63) is 0 Å². The molecule has 0 N–H and O–H groups in total. The third-order valence-electron chi connectivity index (χ3n) is 1.57. The fraction of sp³-hybridized carbons (Fsp3) is 0.900. The smallest absolute Gasteiger partial charge is 0.336 e. The Balaban J connectivity index is 4.14. The van der Waals surface area contributed by atoms with E-state index in [9.17, 15) is 4.79 Å². The first-order valence-electron chi connectivity index (χ1n) is 5.05. The number of rotatable bonds is 6. The monoisotopic (exact) mass is 234 g/mol. The highest BCUT2D eigenvalue weighted by atomic mass is 28.4. The van der Waals surface area contributed by atoms with Crippen LogP contribution in [-0.2, 0) is 18.7 Å². The van der Waals surface area contributed by atoms with Crippen LogP contribution in [0.5, 0.6) is 0 Å². The molecule has 0 saturated carbocycles. The number of hydrogen-bond donors (Lipinski definition) is 0. The van der Waals surface area contributed by atoms with Gasteiger partial charge >= 0.3 is 5.97 Å². The van der Waals surface area contributed by atoms with E-state index in [2.05, 4.69) is 0 Å². The van der Waals surface area contributed by atoms with E-state index in [-0.39, 0.29) is 12.6 Å². The Kier molecular flexibility index (Phi) is 5.48. The highest BCUT2D eigenvalue weighted by Gasteiger charge is 2.35. The van der Waals surface area contributed by atoms with Crippen LogP contribution in [-0.4, -0.2) is 40.2 Å². The van der Waals surface area contributed by atoms with E-state index in [1.807, 2.05) is 19.6 Å². The van der Waals surface area contributed by atoms with E-state index in [1.54, 1.807) is 21.0 Å². The van der Waals surface area contributed by atoms with Gasteiger partial charge in [0, 0.05) is 7.11 Å². The van der Waals surface area contributed by atoms with Gasteiger partial charge in [0.1, 0.15) is 12.2 Å². The van der Waals surface area contributed by atoms with Crippen LogP contribution in [0, 0.1) is 0 Å². The summed E-state index contributed by atoms with van der Waals surface area (Å²) in [7, 11) is -0.168. The predicted molar refractivity (Wildman–Crippen MR) is 61.3 cm³/mol. The van der Waals surface area contributed by atoms with Gasteiger partial charge in [-0.2, -0.15) is 0 Å². The molecular weight excluding hydrogens is 212 g/mol. The zero-order valence-electron chi connectivity index (χ0n) is 10.5. The Bertz CT molecular complexity index is 208. The lowest BCUT2D eigenvalue weighted by Gasteiger charge is -2.30. The fourth-order valence-electron chi connectivity index (χ4n) is 1.20. The molecule has 0 heterocycles. The van der Waals surface area contributed by atoms with E-state index in [0.717, 1.165) is 0 Å². The minimum Gasteiger partial charge on any atom is -0.461 e. The third kappa shape index (κ3) is 6.65. The average Bonchev–Trinajstić information content (AvgIpc) is 2.00. The predicted octanol–water partition coefficient (Wildman–Crippen LogP) is 1.81. The van der Waals surface area contributed by atoms with E-state index in [4.69, 9.17) is 13.9 Å². The molecule has 0 aliphatic heterocycles. The molecule has 0 aromatic heterocycles. The van der Waals surface area contributed by atoms with Crippen molar-refractivity contribution in [1.29, 1.82) is 0 Å². The zero-order valence-corrected chi connectivity index (χ0v) is 11.5. The lowest BCUT2D eigenvalue weighted by Crippen LogP contribution is -2.45. The summed E-state index contributed by atoms with van der Waals surface area (Å²) in [4.78, 5) is 11.6. The van der Waals surface area contributed by atoms with Gasteiger partial charge in [0.25, 0.3) is 0 Å². The van der Waals surface area contributed by atoms with Gasteiger partial charge in [0.15, 0.2) is 8.32 Å². The molecule has 90 valence electrons. The van der Waals surface area contributed by atoms with Crippen LogP contribution >= 0.6 is 0 Å². The van der Waals surface area contributed by atoms with Crippen molar-refractivity contribution in [1.82, 2.24) is 0 Å². The standard InChI is InChI=1S/C10H22O4Si/c1-10(2,14-15(4,5)6)9(11)13-8-7-12-3/h7-8H2,1-6H3. The number of esters is 1. The van der Waals surface area contributed by atoms with Gasteiger partial charge in [-0.3, -0.25) is 0 Å². The van der Waals surface area contributed by atoms with Crippen LogP contribution in [0.25, 0.3) is 0 Å². The SMILES string of the molecule is COCCOC(=O)C(C)(C)O[Si](C)(C)C. The first-order chi connectivity index (χ1) is 6.69. The third-order valence-corrected chi connectivity index (χ3v) is 2.70. The normalized spacial score (nSPS) is 12.7. The second kappa shape index (κ2) is 5.63. The second-order valence-corrected chi connectivity index (χ2v) is 9.28. The van der Waals surface area contributed by atoms with Gasteiger partial charge in [-0.25, -0.2) is 4.79 Å². The van der Waals surface area contributed by atoms with Gasteiger partial charge in [0.05, 0.1) is 6.61 Å². The molecule has 5 heteroatoms. The Morgan fingerprint density at radius 3 is 2.13 bits per heavy atom. The average molecular weight is 234 g/mol. The summed E-state index contributed by atoms with van der Waals surface area (Å²) in [5.41, 5.74) is -0.863. The molecule has 0 atom stereocenters. The first kappa shape index (κ1) is 14.6. The Hall–Kier alpha value is -0.393. The van der Waals surface area contributed by atoms with E-state index in [0.29, 0.717) is 6.61 Å². The molecule has 0 rings (SSSR count). The fourth-order valence-corrected chi connectivity index (χ4v) is 2.81. The lowest BCUT2D eigenvalue weighted by atomic mass is 10.1. The molecule has 0 aromatic rings. The molecular formula is C10H22O4Si. The van der Waals surface area contributed by atoms with Crippen LogP contribution < -0.4 is 0 Å². The van der Waals surface area contributed by atoms with Gasteiger partial charge in [-0.1, -0.05) is 0 Å². The minimum atomic E-state index is -1.74. The largest absolute Gasteiger partial charge is 0.461 e. The summed E-state index contributed by atoms with van der Waals surface area (Å²) in [6, 6.07) is 0. The Morgan fingerprint density at radius 1 is 1.20 bits per heavy atom. The maximum atomic E-state index is 11.6. The number of ether oxygens (including phenoxy) is 2. The molecule has 0 fully saturated rings. The Morgan fingerprint density at radius 2 is 1.73 bits per heavy atom. The summed E-state index contributed by atoms with van der Waals surface area (Å²) in [6.07, 6.45) is 0. The zero-order chi connectivity index (χ0) is 12.1. The van der Waals surface area contributed by atoms with E-state index in [1.165, 1.54) is 0 Å². The molecule has 0 unspecified atom stereocenters. The van der Waals surface area contributed by atoms with E-state index < -0.39 is 13.9 Å². The van der Waals surface area contributed by atoms with Crippen molar-refractivity contribution in [3.63, 3.8) is 0 Å². The summed E-state index contributed by atoms with van der Waals surface area (Å²) in [6.45, 7) is 10.3. The number of carbonyl (C=O) groups excluding carboxylic acids is 1. The van der Waals surface area contributed by atoms with Crippen molar-refractivity contribution in [3.8, 4) is 0 Å². The van der Waals surface area contributed by atoms with Crippen LogP contribution in [0.4, 0.5) is 0 Å². The maximum absolute atomic E-state index is 11.6. The van der Waals surface area contributed by atoms with Crippen LogP contribution in [0.15, 0.2) is 0 Å². The van der Waals surface area contributed by atoms with Crippen molar-refractivity contribution in [2.24, 2.45) is 0 Å². The quantitative estimate of drug-likeness (QED) is 0.399. The summed E-state index contributed by atoms with van der Waals surface area (Å²) >= 11 is 0. The number of methoxy groups -OCH3 is 1. The molecule has 0 aliphatic carbocycles. The molecule has 0 aromatic carbocycles. The molecule has 15 heavy (non-hydrogen) atoms. The van der Waals surface area contributed by atoms with Crippen LogP contribution in [0.2, 0.25) is 19.6 Å². The van der Waals surface area contributed by atoms with Gasteiger partial charge in [-0.05, 0) is 33.5 Å². The van der Waals surface area contributed by atoms with Crippen molar-refractivity contribution < 1.29 is 18.7 Å². The molecule has 0 radical (unpaired) electrons. The van der Waals surface area contributed by atoms with Gasteiger partial charge in [-0.15, -0.1) is 0 Å². The van der Waals surface area contributed by atoms with Crippen molar-refractivity contribution in [2.75, 3.05) is 20.3 Å². The molecule has 0 amide bonds. The highest BCUT2D eigenvalue weighted by molar-refractivity contribution is 6.70. The molecule has 0 spiro atoms. The van der Waals surface area contributed by atoms with E-state index >= 15 is 0 Å². The number of carbonyl (C=O) groups is 1. The molecule has 0 bridgehead atoms. The topological polar surface area (TPSA) is 44.8 Å². The second-order valence-electron chi connectivity index (χ2n) is 4.85. The van der Waals surface area contributed by atoms with Crippen molar-refractivity contribution >= 4 is 14.3 Å². The lowest BCUT2D eigenvalue weighted by molar-refractivity contribution is -0.161. The maximum Gasteiger partial charge on any atom is 0.336 e. The van der Waals surface area contributed by atoms with Crippen LogP contribution in [0.3, 0.4) is 0 Å². The van der Waals surface area contributed by atoms with Crippen LogP contribution in [0.1, 0.15) is 13.8 Å². The van der Waals surface area contributed by atoms with Gasteiger partial charge < -0.3 is 13.9 Å². The van der Waals surface area contributed by atoms with Crippen molar-refractivity contribution in [2.45, 2.75) is 39.1 Å². The molecule has 0 aliphatic rings. The molecule has 0 saturated heterocycles. The Labute approximate surface area is 93.0 Å². The highest BCUT2D eigenvalue weighted by Crippen LogP contribution is 2.18.